The molecule has 260 valence electrons. The first kappa shape index (κ1) is 34.8. The highest BCUT2D eigenvalue weighted by atomic mass is 79.9. The van der Waals surface area contributed by atoms with Crippen molar-refractivity contribution in [1.29, 1.82) is 0 Å². The highest BCUT2D eigenvalue weighted by Gasteiger charge is 2.75. The van der Waals surface area contributed by atoms with Gasteiger partial charge in [0, 0.05) is 36.3 Å². The van der Waals surface area contributed by atoms with Crippen LogP contribution < -0.4 is 15.0 Å². The molecule has 2 aromatic rings. The summed E-state index contributed by atoms with van der Waals surface area (Å²) in [6, 6.07) is 15.2. The first-order chi connectivity index (χ1) is 23.8. The minimum Gasteiger partial charge on any atom is -0.497 e. The number of benzene rings is 2. The lowest BCUT2D eigenvalue weighted by Gasteiger charge is -2.36. The second kappa shape index (κ2) is 15.3. The van der Waals surface area contributed by atoms with Crippen molar-refractivity contribution in [2.75, 3.05) is 38.3 Å². The maximum Gasteiger partial charge on any atom is 0.313 e. The third kappa shape index (κ3) is 6.91. The second-order valence-corrected chi connectivity index (χ2v) is 13.7. The molecule has 6 atom stereocenters. The van der Waals surface area contributed by atoms with E-state index < -0.39 is 41.7 Å². The van der Waals surface area contributed by atoms with Gasteiger partial charge in [-0.15, -0.1) is 0 Å². The molecule has 5 bridgehead atoms. The van der Waals surface area contributed by atoms with Gasteiger partial charge in [0.15, 0.2) is 0 Å². The predicted molar refractivity (Wildman–Crippen MR) is 185 cm³/mol. The molecule has 0 radical (unpaired) electrons. The Morgan fingerprint density at radius 1 is 0.980 bits per heavy atom. The predicted octanol–water partition coefficient (Wildman–Crippen LogP) is 4.20. The Kier molecular flexibility index (Phi) is 10.9. The molecule has 12 heteroatoms. The number of cyclic esters (lactones) is 1. The molecule has 0 aromatic heterocycles. The van der Waals surface area contributed by atoms with Crippen LogP contribution in [0.1, 0.15) is 50.2 Å². The van der Waals surface area contributed by atoms with E-state index in [2.05, 4.69) is 21.2 Å². The fourth-order valence-electron chi connectivity index (χ4n) is 7.41. The standard InChI is InChI=1S/C37H42BrN3O8/c1-47-26-17-15-25(16-18-26)40-19-10-5-8-14-29(43)39-23-28(24-12-6-4-7-13-24)48-36(46)30-31-34(44)41(20-9-2-3-11-21-42)33(35(40)45)37(31)22-27(38)32(30)49-37/h4-7,10,12-13,15-18,22,28,30-33,42H,2-3,8-9,11,14,19-21,23H2,1H3,(H,39,43)/b10-5-/t28-,30-,31+,32-,33-,37+/m0/s1. The first-order valence-electron chi connectivity index (χ1n) is 16.9. The van der Waals surface area contributed by atoms with E-state index in [1.165, 1.54) is 0 Å². The lowest BCUT2D eigenvalue weighted by molar-refractivity contribution is -0.159. The van der Waals surface area contributed by atoms with Gasteiger partial charge in [-0.05, 0) is 55.2 Å². The molecule has 2 aromatic carbocycles. The van der Waals surface area contributed by atoms with Crippen LogP contribution in [0.15, 0.2) is 77.3 Å². The molecule has 1 spiro atoms. The molecule has 2 N–H and O–H groups in total. The molecule has 3 amide bonds. The van der Waals surface area contributed by atoms with Crippen molar-refractivity contribution < 1.29 is 38.5 Å². The number of fused-ring (bicyclic) bond motifs is 2. The van der Waals surface area contributed by atoms with Crippen molar-refractivity contribution in [1.82, 2.24) is 10.2 Å². The van der Waals surface area contributed by atoms with Crippen molar-refractivity contribution >= 4 is 45.3 Å². The van der Waals surface area contributed by atoms with E-state index in [4.69, 9.17) is 14.2 Å². The molecule has 0 saturated carbocycles. The van der Waals surface area contributed by atoms with Gasteiger partial charge in [-0.2, -0.15) is 0 Å². The molecule has 2 fully saturated rings. The Balaban J connectivity index is 1.42. The van der Waals surface area contributed by atoms with E-state index in [-0.39, 0.29) is 50.4 Å². The number of methoxy groups -OCH3 is 1. The summed E-state index contributed by atoms with van der Waals surface area (Å²) in [5.74, 6) is -2.91. The number of carbonyl (C=O) groups excluding carboxylic acids is 4. The highest BCUT2D eigenvalue weighted by Crippen LogP contribution is 2.59. The number of unbranched alkanes of at least 4 members (excludes halogenated alkanes) is 3. The number of likely N-dealkylation sites (tertiary alicyclic amines) is 1. The number of allylic oxidation sites excluding steroid dienone is 1. The average molecular weight is 737 g/mol. The van der Waals surface area contributed by atoms with E-state index in [1.807, 2.05) is 42.5 Å². The number of hydrogen-bond acceptors (Lipinski definition) is 8. The van der Waals surface area contributed by atoms with Gasteiger partial charge in [-0.25, -0.2) is 0 Å². The van der Waals surface area contributed by atoms with Crippen LogP contribution in [0.2, 0.25) is 0 Å². The van der Waals surface area contributed by atoms with Gasteiger partial charge >= 0.3 is 5.97 Å². The Morgan fingerprint density at radius 3 is 2.47 bits per heavy atom. The number of aliphatic hydroxyl groups is 1. The molecule has 2 saturated heterocycles. The van der Waals surface area contributed by atoms with Crippen LogP contribution in [-0.2, 0) is 28.7 Å². The smallest absolute Gasteiger partial charge is 0.313 e. The maximum absolute atomic E-state index is 15.0. The molecule has 11 nitrogen and oxygen atoms in total. The van der Waals surface area contributed by atoms with Gasteiger partial charge in [0.25, 0.3) is 5.91 Å². The third-order valence-electron chi connectivity index (χ3n) is 9.80. The fourth-order valence-corrected chi connectivity index (χ4v) is 8.14. The fraction of sp³-hybridized carbons (Fsp3) is 0.459. The van der Waals surface area contributed by atoms with Crippen molar-refractivity contribution in [3.8, 4) is 5.75 Å². The average Bonchev–Trinajstić information content (AvgIpc) is 3.71. The number of hydrogen-bond donors (Lipinski definition) is 2. The van der Waals surface area contributed by atoms with Gasteiger partial charge in [0.1, 0.15) is 35.5 Å². The summed E-state index contributed by atoms with van der Waals surface area (Å²) in [6.07, 6.45) is 7.33. The topological polar surface area (TPSA) is 135 Å². The summed E-state index contributed by atoms with van der Waals surface area (Å²) >= 11 is 3.61. The van der Waals surface area contributed by atoms with E-state index in [0.29, 0.717) is 40.7 Å². The molecular formula is C37H42BrN3O8. The van der Waals surface area contributed by atoms with E-state index in [1.54, 1.807) is 47.3 Å². The molecule has 4 aliphatic heterocycles. The number of rotatable bonds is 9. The highest BCUT2D eigenvalue weighted by molar-refractivity contribution is 9.11. The largest absolute Gasteiger partial charge is 0.497 e. The summed E-state index contributed by atoms with van der Waals surface area (Å²) in [4.78, 5) is 59.8. The molecule has 0 aliphatic carbocycles. The molecule has 6 rings (SSSR count). The van der Waals surface area contributed by atoms with E-state index in [0.717, 1.165) is 12.8 Å². The van der Waals surface area contributed by atoms with E-state index >= 15 is 0 Å². The summed E-state index contributed by atoms with van der Waals surface area (Å²) in [6.45, 7) is 0.609. The molecule has 49 heavy (non-hydrogen) atoms. The van der Waals surface area contributed by atoms with Gasteiger partial charge in [0.05, 0.1) is 19.6 Å². The molecule has 4 aliphatic rings. The van der Waals surface area contributed by atoms with Crippen molar-refractivity contribution in [2.24, 2.45) is 11.8 Å². The van der Waals surface area contributed by atoms with Gasteiger partial charge in [-0.1, -0.05) is 71.3 Å². The van der Waals surface area contributed by atoms with Crippen LogP contribution in [0.4, 0.5) is 5.69 Å². The number of carbonyl (C=O) groups is 4. The number of halogens is 1. The monoisotopic (exact) mass is 735 g/mol. The number of ether oxygens (including phenoxy) is 3. The minimum absolute atomic E-state index is 0.0592. The normalized spacial score (nSPS) is 29.4. The maximum atomic E-state index is 15.0. The van der Waals surface area contributed by atoms with Crippen LogP contribution in [0.25, 0.3) is 0 Å². The lowest BCUT2D eigenvalue weighted by Crippen LogP contribution is -2.56. The summed E-state index contributed by atoms with van der Waals surface area (Å²) in [5.41, 5.74) is -0.114. The number of anilines is 1. The molecule has 0 unspecified atom stereocenters. The van der Waals surface area contributed by atoms with Crippen LogP contribution in [0.5, 0.6) is 5.75 Å². The quantitative estimate of drug-likeness (QED) is 0.222. The Morgan fingerprint density at radius 2 is 1.73 bits per heavy atom. The Hall–Kier alpha value is -4.00. The minimum atomic E-state index is -1.41. The van der Waals surface area contributed by atoms with Crippen molar-refractivity contribution in [2.45, 2.75) is 62.4 Å². The van der Waals surface area contributed by atoms with Crippen molar-refractivity contribution in [3.63, 3.8) is 0 Å². The third-order valence-corrected chi connectivity index (χ3v) is 10.5. The number of esters is 1. The molecule has 4 heterocycles. The van der Waals surface area contributed by atoms with Crippen LogP contribution in [-0.4, -0.2) is 84.8 Å². The number of amides is 3. The molecular weight excluding hydrogens is 694 g/mol. The Bertz CT molecular complexity index is 1600. The summed E-state index contributed by atoms with van der Waals surface area (Å²) < 4.78 is 18.7. The number of nitrogens with zero attached hydrogens (tertiary/aromatic N) is 2. The van der Waals surface area contributed by atoms with Crippen LogP contribution in [0, 0.1) is 11.8 Å². The van der Waals surface area contributed by atoms with Gasteiger partial charge in [-0.3, -0.25) is 19.2 Å². The summed E-state index contributed by atoms with van der Waals surface area (Å²) in [5, 5.41) is 12.2. The van der Waals surface area contributed by atoms with Gasteiger partial charge < -0.3 is 34.4 Å². The zero-order chi connectivity index (χ0) is 34.5. The zero-order valence-corrected chi connectivity index (χ0v) is 29.0. The van der Waals surface area contributed by atoms with Gasteiger partial charge in [0.2, 0.25) is 11.8 Å². The van der Waals surface area contributed by atoms with Crippen LogP contribution >= 0.6 is 15.9 Å². The number of aliphatic hydroxyl groups excluding tert-OH is 1. The SMILES string of the molecule is COc1ccc(N2C/C=C\CCC(=O)NC[C@@H](c3ccccc3)OC(=O)[C@@H]3[C@H]4O[C@@]5(C=C4Br)[C@H](C2=O)N(CCCCCCO)C(=O)[C@@H]35)cc1. The van der Waals surface area contributed by atoms with E-state index in [9.17, 15) is 24.3 Å². The van der Waals surface area contributed by atoms with Crippen molar-refractivity contribution in [3.05, 3.63) is 82.9 Å². The summed E-state index contributed by atoms with van der Waals surface area (Å²) in [7, 11) is 1.57. The second-order valence-electron chi connectivity index (χ2n) is 12.8. The zero-order valence-electron chi connectivity index (χ0n) is 27.5. The number of nitrogens with one attached hydrogen (secondary N) is 1. The first-order valence-corrected chi connectivity index (χ1v) is 17.7. The Labute approximate surface area is 294 Å². The van der Waals surface area contributed by atoms with Crippen LogP contribution in [0.3, 0.4) is 0 Å². The lowest BCUT2D eigenvalue weighted by atomic mass is 9.74.